The summed E-state index contributed by atoms with van der Waals surface area (Å²) in [5.74, 6) is 0. The van der Waals surface area contributed by atoms with Crippen LogP contribution in [0.1, 0.15) is 25.1 Å². The Hall–Kier alpha value is -0.650. The van der Waals surface area contributed by atoms with E-state index in [1.807, 2.05) is 6.20 Å². The highest BCUT2D eigenvalue weighted by molar-refractivity contribution is 7.15. The Morgan fingerprint density at radius 1 is 1.65 bits per heavy atom. The van der Waals surface area contributed by atoms with E-state index < -0.39 is 0 Å². The number of thiazole rings is 1. The van der Waals surface area contributed by atoms with E-state index in [1.54, 1.807) is 18.4 Å². The topological polar surface area (TPSA) is 37.4 Å². The molecule has 5 heteroatoms. The van der Waals surface area contributed by atoms with Gasteiger partial charge in [-0.2, -0.15) is 0 Å². The molecule has 1 aromatic rings. The van der Waals surface area contributed by atoms with E-state index in [0.29, 0.717) is 12.1 Å². The van der Waals surface area contributed by atoms with Crippen LogP contribution < -0.4 is 10.2 Å². The Morgan fingerprint density at radius 2 is 2.47 bits per heavy atom. The highest BCUT2D eigenvalue weighted by atomic mass is 32.1. The third-order valence-corrected chi connectivity index (χ3v) is 4.03. The Kier molecular flexibility index (Phi) is 4.36. The molecule has 96 valence electrons. The number of hydrogen-bond donors (Lipinski definition) is 1. The molecule has 0 amide bonds. The van der Waals surface area contributed by atoms with Gasteiger partial charge in [-0.3, -0.25) is 0 Å². The molecule has 1 aliphatic rings. The van der Waals surface area contributed by atoms with Gasteiger partial charge in [-0.15, -0.1) is 11.3 Å². The fraction of sp³-hybridized carbons (Fsp3) is 0.750. The van der Waals surface area contributed by atoms with Gasteiger partial charge in [0.15, 0.2) is 5.13 Å². The van der Waals surface area contributed by atoms with E-state index >= 15 is 0 Å². The zero-order valence-electron chi connectivity index (χ0n) is 10.8. The molecule has 1 aromatic heterocycles. The lowest BCUT2D eigenvalue weighted by Crippen LogP contribution is -2.22. The number of nitrogens with zero attached hydrogens (tertiary/aromatic N) is 2. The maximum atomic E-state index is 5.37. The second-order valence-electron chi connectivity index (χ2n) is 4.74. The second-order valence-corrected chi connectivity index (χ2v) is 5.83. The van der Waals surface area contributed by atoms with E-state index in [9.17, 15) is 0 Å². The molecule has 2 heterocycles. The summed E-state index contributed by atoms with van der Waals surface area (Å²) in [4.78, 5) is 8.11. The summed E-state index contributed by atoms with van der Waals surface area (Å²) in [5.41, 5.74) is 0. The fourth-order valence-corrected chi connectivity index (χ4v) is 2.82. The first-order chi connectivity index (χ1) is 8.19. The van der Waals surface area contributed by atoms with E-state index in [-0.39, 0.29) is 0 Å². The number of nitrogens with one attached hydrogen (secondary N) is 1. The standard InChI is InChI=1S/C12H21N3OS/c1-9(2)13-6-11-7-14-12(17-11)15-5-4-10(8-15)16-3/h7,9-10,13H,4-6,8H2,1-3H3. The smallest absolute Gasteiger partial charge is 0.185 e. The Morgan fingerprint density at radius 3 is 3.12 bits per heavy atom. The van der Waals surface area contributed by atoms with Gasteiger partial charge in [-0.1, -0.05) is 13.8 Å². The summed E-state index contributed by atoms with van der Waals surface area (Å²) in [6.45, 7) is 7.26. The number of anilines is 1. The highest BCUT2D eigenvalue weighted by Crippen LogP contribution is 2.26. The predicted molar refractivity (Wildman–Crippen MR) is 71.7 cm³/mol. The number of aromatic nitrogens is 1. The molecule has 0 saturated carbocycles. The van der Waals surface area contributed by atoms with E-state index in [2.05, 4.69) is 29.0 Å². The van der Waals surface area contributed by atoms with Gasteiger partial charge < -0.3 is 15.0 Å². The molecule has 1 N–H and O–H groups in total. The number of ether oxygens (including phenoxy) is 1. The summed E-state index contributed by atoms with van der Waals surface area (Å²) in [5, 5.41) is 4.54. The largest absolute Gasteiger partial charge is 0.380 e. The Balaban J connectivity index is 1.90. The molecule has 0 radical (unpaired) electrons. The van der Waals surface area contributed by atoms with Crippen molar-refractivity contribution in [2.24, 2.45) is 0 Å². The minimum Gasteiger partial charge on any atom is -0.380 e. The minimum absolute atomic E-state index is 0.371. The molecule has 4 nitrogen and oxygen atoms in total. The molecule has 1 aliphatic heterocycles. The first kappa shape index (κ1) is 12.8. The summed E-state index contributed by atoms with van der Waals surface area (Å²) in [6.07, 6.45) is 3.46. The van der Waals surface area contributed by atoms with Gasteiger partial charge in [-0.25, -0.2) is 4.98 Å². The SMILES string of the molecule is COC1CCN(c2ncc(CNC(C)C)s2)C1. The maximum Gasteiger partial charge on any atom is 0.185 e. The van der Waals surface area contributed by atoms with Gasteiger partial charge in [0.05, 0.1) is 6.10 Å². The van der Waals surface area contributed by atoms with Crippen LogP contribution in [0, 0.1) is 0 Å². The van der Waals surface area contributed by atoms with Crippen molar-refractivity contribution >= 4 is 16.5 Å². The van der Waals surface area contributed by atoms with Gasteiger partial charge in [-0.05, 0) is 6.42 Å². The average Bonchev–Trinajstić information content (AvgIpc) is 2.94. The van der Waals surface area contributed by atoms with Crippen LogP contribution >= 0.6 is 11.3 Å². The molecule has 0 aliphatic carbocycles. The molecular formula is C12H21N3OS. The van der Waals surface area contributed by atoms with Crippen LogP contribution in [0.25, 0.3) is 0 Å². The van der Waals surface area contributed by atoms with Crippen molar-refractivity contribution < 1.29 is 4.74 Å². The predicted octanol–water partition coefficient (Wildman–Crippen LogP) is 1.87. The normalized spacial score (nSPS) is 20.5. The molecule has 1 unspecified atom stereocenters. The number of rotatable bonds is 5. The molecule has 0 bridgehead atoms. The van der Waals surface area contributed by atoms with Gasteiger partial charge in [0.1, 0.15) is 0 Å². The fourth-order valence-electron chi connectivity index (χ4n) is 1.92. The minimum atomic E-state index is 0.371. The van der Waals surface area contributed by atoms with Crippen molar-refractivity contribution in [3.05, 3.63) is 11.1 Å². The molecule has 0 spiro atoms. The monoisotopic (exact) mass is 255 g/mol. The van der Waals surface area contributed by atoms with Gasteiger partial charge in [0, 0.05) is 43.9 Å². The van der Waals surface area contributed by atoms with Crippen molar-refractivity contribution in [2.75, 3.05) is 25.1 Å². The van der Waals surface area contributed by atoms with Crippen molar-refractivity contribution in [1.82, 2.24) is 10.3 Å². The molecule has 1 fully saturated rings. The van der Waals surface area contributed by atoms with E-state index in [1.165, 1.54) is 4.88 Å². The summed E-state index contributed by atoms with van der Waals surface area (Å²) >= 11 is 1.78. The first-order valence-electron chi connectivity index (χ1n) is 6.15. The third kappa shape index (κ3) is 3.40. The zero-order valence-corrected chi connectivity index (χ0v) is 11.6. The van der Waals surface area contributed by atoms with Gasteiger partial charge in [0.2, 0.25) is 0 Å². The third-order valence-electron chi connectivity index (χ3n) is 2.97. The van der Waals surface area contributed by atoms with Crippen LogP contribution in [0.2, 0.25) is 0 Å². The van der Waals surface area contributed by atoms with Crippen LogP contribution in [-0.4, -0.2) is 37.3 Å². The summed E-state index contributed by atoms with van der Waals surface area (Å²) < 4.78 is 5.37. The lowest BCUT2D eigenvalue weighted by molar-refractivity contribution is 0.121. The van der Waals surface area contributed by atoms with Crippen molar-refractivity contribution in [3.8, 4) is 0 Å². The molecular weight excluding hydrogens is 234 g/mol. The van der Waals surface area contributed by atoms with Gasteiger partial charge in [0.25, 0.3) is 0 Å². The zero-order chi connectivity index (χ0) is 12.3. The Bertz CT molecular complexity index is 353. The van der Waals surface area contributed by atoms with Gasteiger partial charge >= 0.3 is 0 Å². The number of methoxy groups -OCH3 is 1. The second kappa shape index (κ2) is 5.80. The van der Waals surface area contributed by atoms with Crippen molar-refractivity contribution in [2.45, 2.75) is 39.0 Å². The lowest BCUT2D eigenvalue weighted by atomic mass is 10.3. The summed E-state index contributed by atoms with van der Waals surface area (Å²) in [6, 6.07) is 0.519. The highest BCUT2D eigenvalue weighted by Gasteiger charge is 2.24. The first-order valence-corrected chi connectivity index (χ1v) is 6.96. The van der Waals surface area contributed by atoms with Crippen molar-refractivity contribution in [1.29, 1.82) is 0 Å². The van der Waals surface area contributed by atoms with Crippen LogP contribution in [0.5, 0.6) is 0 Å². The van der Waals surface area contributed by atoms with Crippen LogP contribution in [0.4, 0.5) is 5.13 Å². The number of hydrogen-bond acceptors (Lipinski definition) is 5. The maximum absolute atomic E-state index is 5.37. The van der Waals surface area contributed by atoms with E-state index in [4.69, 9.17) is 4.74 Å². The van der Waals surface area contributed by atoms with Crippen LogP contribution in [-0.2, 0) is 11.3 Å². The molecule has 1 saturated heterocycles. The molecule has 17 heavy (non-hydrogen) atoms. The quantitative estimate of drug-likeness (QED) is 0.871. The van der Waals surface area contributed by atoms with Crippen LogP contribution in [0.3, 0.4) is 0 Å². The van der Waals surface area contributed by atoms with E-state index in [0.717, 1.165) is 31.2 Å². The lowest BCUT2D eigenvalue weighted by Gasteiger charge is -2.13. The van der Waals surface area contributed by atoms with Crippen molar-refractivity contribution in [3.63, 3.8) is 0 Å². The molecule has 2 rings (SSSR count). The molecule has 0 aromatic carbocycles. The van der Waals surface area contributed by atoms with Crippen LogP contribution in [0.15, 0.2) is 6.20 Å². The molecule has 1 atom stereocenters. The summed E-state index contributed by atoms with van der Waals surface area (Å²) in [7, 11) is 1.79. The average molecular weight is 255 g/mol. The Labute approximate surface area is 107 Å².